The van der Waals surface area contributed by atoms with Gasteiger partial charge in [0.25, 0.3) is 0 Å². The predicted octanol–water partition coefficient (Wildman–Crippen LogP) is 2.05. The van der Waals surface area contributed by atoms with Gasteiger partial charge < -0.3 is 15.4 Å². The highest BCUT2D eigenvalue weighted by molar-refractivity contribution is 5.75. The summed E-state index contributed by atoms with van der Waals surface area (Å²) in [6, 6.07) is 7.83. The van der Waals surface area contributed by atoms with E-state index in [1.807, 2.05) is 24.3 Å². The Hall–Kier alpha value is -2.04. The third-order valence-electron chi connectivity index (χ3n) is 3.36. The van der Waals surface area contributed by atoms with E-state index < -0.39 is 0 Å². The van der Waals surface area contributed by atoms with E-state index in [-0.39, 0.29) is 11.8 Å². The van der Waals surface area contributed by atoms with Crippen LogP contribution in [0.1, 0.15) is 38.2 Å². The summed E-state index contributed by atoms with van der Waals surface area (Å²) in [5.41, 5.74) is 1.10. The second-order valence-corrected chi connectivity index (χ2v) is 5.21. The number of carbonyl (C=O) groups excluding carboxylic acids is 2. The van der Waals surface area contributed by atoms with Crippen molar-refractivity contribution in [3.8, 4) is 5.75 Å². The second-order valence-electron chi connectivity index (χ2n) is 5.21. The third-order valence-corrected chi connectivity index (χ3v) is 3.36. The zero-order valence-electron chi connectivity index (χ0n) is 13.5. The minimum Gasteiger partial charge on any atom is -0.496 e. The first-order valence-electron chi connectivity index (χ1n) is 7.76. The maximum Gasteiger partial charge on any atom is 0.220 e. The lowest BCUT2D eigenvalue weighted by Crippen LogP contribution is -2.25. The van der Waals surface area contributed by atoms with Crippen LogP contribution in [0.3, 0.4) is 0 Å². The Kier molecular flexibility index (Phi) is 8.72. The van der Waals surface area contributed by atoms with Crippen LogP contribution in [0.25, 0.3) is 0 Å². The van der Waals surface area contributed by atoms with E-state index in [0.717, 1.165) is 37.0 Å². The number of nitrogens with one attached hydrogen (secondary N) is 2. The maximum atomic E-state index is 11.7. The molecule has 2 amide bonds. The van der Waals surface area contributed by atoms with Gasteiger partial charge in [-0.3, -0.25) is 9.59 Å². The summed E-state index contributed by atoms with van der Waals surface area (Å²) in [7, 11) is 1.65. The summed E-state index contributed by atoms with van der Waals surface area (Å²) in [5, 5.41) is 5.67. The number of ether oxygens (including phenoxy) is 1. The van der Waals surface area contributed by atoms with Gasteiger partial charge in [0.05, 0.1) is 7.11 Å². The molecular weight excluding hydrogens is 280 g/mol. The standard InChI is InChI=1S/C17H26N2O3/c1-14(20)18-12-7-3-4-10-17(21)19-13-11-15-8-5-6-9-16(15)22-2/h5-6,8-9H,3-4,7,10-13H2,1-2H3,(H,18,20)(H,19,21). The highest BCUT2D eigenvalue weighted by Crippen LogP contribution is 2.17. The number of para-hydroxylation sites is 1. The number of methoxy groups -OCH3 is 1. The van der Waals surface area contributed by atoms with E-state index in [4.69, 9.17) is 4.74 Å². The van der Waals surface area contributed by atoms with Crippen LogP contribution in [0.4, 0.5) is 0 Å². The number of hydrogen-bond acceptors (Lipinski definition) is 3. The van der Waals surface area contributed by atoms with Gasteiger partial charge in [0.15, 0.2) is 0 Å². The van der Waals surface area contributed by atoms with E-state index in [2.05, 4.69) is 10.6 Å². The lowest BCUT2D eigenvalue weighted by molar-refractivity contribution is -0.121. The van der Waals surface area contributed by atoms with Gasteiger partial charge in [0, 0.05) is 26.4 Å². The third kappa shape index (κ3) is 7.67. The summed E-state index contributed by atoms with van der Waals surface area (Å²) in [5.74, 6) is 0.929. The van der Waals surface area contributed by atoms with Crippen molar-refractivity contribution in [3.63, 3.8) is 0 Å². The molecule has 1 aromatic carbocycles. The highest BCUT2D eigenvalue weighted by Gasteiger charge is 2.04. The zero-order valence-corrected chi connectivity index (χ0v) is 13.5. The van der Waals surface area contributed by atoms with Crippen molar-refractivity contribution in [1.82, 2.24) is 10.6 Å². The van der Waals surface area contributed by atoms with E-state index in [9.17, 15) is 9.59 Å². The highest BCUT2D eigenvalue weighted by atomic mass is 16.5. The Balaban J connectivity index is 2.09. The van der Waals surface area contributed by atoms with Crippen molar-refractivity contribution in [2.24, 2.45) is 0 Å². The summed E-state index contributed by atoms with van der Waals surface area (Å²) in [6.45, 7) is 2.81. The van der Waals surface area contributed by atoms with E-state index in [0.29, 0.717) is 19.5 Å². The molecule has 0 unspecified atom stereocenters. The van der Waals surface area contributed by atoms with Gasteiger partial charge in [-0.15, -0.1) is 0 Å². The topological polar surface area (TPSA) is 67.4 Å². The van der Waals surface area contributed by atoms with Crippen LogP contribution in [0.5, 0.6) is 5.75 Å². The van der Waals surface area contributed by atoms with Crippen LogP contribution in [0.2, 0.25) is 0 Å². The maximum absolute atomic E-state index is 11.7. The molecule has 2 N–H and O–H groups in total. The molecule has 5 heteroatoms. The van der Waals surface area contributed by atoms with Crippen LogP contribution in [-0.2, 0) is 16.0 Å². The van der Waals surface area contributed by atoms with E-state index in [1.165, 1.54) is 6.92 Å². The molecule has 0 heterocycles. The second kappa shape index (κ2) is 10.7. The molecule has 122 valence electrons. The number of hydrogen-bond donors (Lipinski definition) is 2. The Morgan fingerprint density at radius 3 is 2.55 bits per heavy atom. The Labute approximate surface area is 132 Å². The Bertz CT molecular complexity index is 475. The minimum absolute atomic E-state index is 0.00548. The fraction of sp³-hybridized carbons (Fsp3) is 0.529. The lowest BCUT2D eigenvalue weighted by atomic mass is 10.1. The largest absolute Gasteiger partial charge is 0.496 e. The molecule has 0 atom stereocenters. The molecule has 0 aliphatic rings. The number of benzene rings is 1. The Morgan fingerprint density at radius 2 is 1.82 bits per heavy atom. The van der Waals surface area contributed by atoms with Crippen molar-refractivity contribution in [3.05, 3.63) is 29.8 Å². The van der Waals surface area contributed by atoms with Crippen molar-refractivity contribution in [1.29, 1.82) is 0 Å². The monoisotopic (exact) mass is 306 g/mol. The normalized spacial score (nSPS) is 10.1. The van der Waals surface area contributed by atoms with Crippen LogP contribution < -0.4 is 15.4 Å². The number of rotatable bonds is 10. The molecule has 0 fully saturated rings. The SMILES string of the molecule is COc1ccccc1CCNC(=O)CCCCCNC(C)=O. The molecule has 0 radical (unpaired) electrons. The molecule has 0 saturated heterocycles. The molecule has 1 aromatic rings. The van der Waals surface area contributed by atoms with Crippen LogP contribution in [-0.4, -0.2) is 32.0 Å². The quantitative estimate of drug-likeness (QED) is 0.650. The van der Waals surface area contributed by atoms with Gasteiger partial charge in [0.1, 0.15) is 5.75 Å². The molecular formula is C17H26N2O3. The summed E-state index contributed by atoms with van der Waals surface area (Å²) in [6.07, 6.45) is 4.00. The number of unbranched alkanes of at least 4 members (excludes halogenated alkanes) is 2. The van der Waals surface area contributed by atoms with Gasteiger partial charge in [0.2, 0.25) is 11.8 Å². The molecule has 0 bridgehead atoms. The minimum atomic E-state index is -0.00548. The van der Waals surface area contributed by atoms with Gasteiger partial charge in [-0.25, -0.2) is 0 Å². The predicted molar refractivity (Wildman–Crippen MR) is 86.9 cm³/mol. The zero-order chi connectivity index (χ0) is 16.2. The molecule has 0 aromatic heterocycles. The average molecular weight is 306 g/mol. The van der Waals surface area contributed by atoms with Gasteiger partial charge in [-0.2, -0.15) is 0 Å². The molecule has 0 spiro atoms. The van der Waals surface area contributed by atoms with Crippen LogP contribution in [0.15, 0.2) is 24.3 Å². The fourth-order valence-corrected chi connectivity index (χ4v) is 2.19. The van der Waals surface area contributed by atoms with Gasteiger partial charge in [-0.05, 0) is 30.9 Å². The average Bonchev–Trinajstić information content (AvgIpc) is 2.51. The van der Waals surface area contributed by atoms with Gasteiger partial charge in [-0.1, -0.05) is 24.6 Å². The van der Waals surface area contributed by atoms with E-state index >= 15 is 0 Å². The smallest absolute Gasteiger partial charge is 0.220 e. The fourth-order valence-electron chi connectivity index (χ4n) is 2.19. The van der Waals surface area contributed by atoms with E-state index in [1.54, 1.807) is 7.11 Å². The lowest BCUT2D eigenvalue weighted by Gasteiger charge is -2.09. The number of carbonyl (C=O) groups is 2. The molecule has 1 rings (SSSR count). The van der Waals surface area contributed by atoms with Crippen molar-refractivity contribution >= 4 is 11.8 Å². The van der Waals surface area contributed by atoms with Crippen LogP contribution in [0, 0.1) is 0 Å². The first kappa shape index (κ1) is 18.0. The van der Waals surface area contributed by atoms with Crippen molar-refractivity contribution in [2.45, 2.75) is 39.0 Å². The van der Waals surface area contributed by atoms with Gasteiger partial charge >= 0.3 is 0 Å². The Morgan fingerprint density at radius 1 is 1.05 bits per heavy atom. The van der Waals surface area contributed by atoms with Crippen LogP contribution >= 0.6 is 0 Å². The molecule has 0 aliphatic carbocycles. The molecule has 5 nitrogen and oxygen atoms in total. The van der Waals surface area contributed by atoms with Crippen molar-refractivity contribution < 1.29 is 14.3 Å². The summed E-state index contributed by atoms with van der Waals surface area (Å²) < 4.78 is 5.28. The number of amides is 2. The summed E-state index contributed by atoms with van der Waals surface area (Å²) in [4.78, 5) is 22.4. The molecule has 22 heavy (non-hydrogen) atoms. The first-order chi connectivity index (χ1) is 10.6. The molecule has 0 saturated carbocycles. The van der Waals surface area contributed by atoms with Crippen molar-refractivity contribution in [2.75, 3.05) is 20.2 Å². The molecule has 0 aliphatic heterocycles. The first-order valence-corrected chi connectivity index (χ1v) is 7.76. The summed E-state index contributed by atoms with van der Waals surface area (Å²) >= 11 is 0.